The highest BCUT2D eigenvalue weighted by Crippen LogP contribution is 2.21. The van der Waals surface area contributed by atoms with Gasteiger partial charge in [0.05, 0.1) is 24.6 Å². The van der Waals surface area contributed by atoms with Crippen LogP contribution in [-0.4, -0.2) is 45.0 Å². The van der Waals surface area contributed by atoms with E-state index in [2.05, 4.69) is 30.2 Å². The lowest BCUT2D eigenvalue weighted by Crippen LogP contribution is -2.25. The van der Waals surface area contributed by atoms with E-state index in [1.165, 1.54) is 19.3 Å². The molecule has 0 bridgehead atoms. The predicted molar refractivity (Wildman–Crippen MR) is 86.5 cm³/mol. The van der Waals surface area contributed by atoms with Gasteiger partial charge >= 0.3 is 0 Å². The molecule has 1 saturated heterocycles. The molecule has 0 spiro atoms. The van der Waals surface area contributed by atoms with Crippen molar-refractivity contribution in [2.24, 2.45) is 5.92 Å². The average Bonchev–Trinajstić information content (AvgIpc) is 2.96. The van der Waals surface area contributed by atoms with Gasteiger partial charge in [-0.1, -0.05) is 0 Å². The molecule has 3 heterocycles. The van der Waals surface area contributed by atoms with Gasteiger partial charge in [-0.2, -0.15) is 0 Å². The lowest BCUT2D eigenvalue weighted by Gasteiger charge is -2.18. The van der Waals surface area contributed by atoms with Crippen LogP contribution in [0.2, 0.25) is 0 Å². The van der Waals surface area contributed by atoms with Crippen LogP contribution in [0.4, 0.5) is 5.82 Å². The first kappa shape index (κ1) is 15.0. The first-order valence-corrected chi connectivity index (χ1v) is 8.03. The summed E-state index contributed by atoms with van der Waals surface area (Å²) in [6, 6.07) is 0. The number of anilines is 1. The van der Waals surface area contributed by atoms with Crippen LogP contribution < -0.4 is 5.32 Å². The second-order valence-electron chi connectivity index (χ2n) is 5.96. The number of aromatic amines is 1. The molecule has 2 N–H and O–H groups in total. The molecule has 1 aliphatic heterocycles. The molecule has 118 valence electrons. The third-order valence-corrected chi connectivity index (χ3v) is 4.33. The highest BCUT2D eigenvalue weighted by atomic mass is 15.1. The quantitative estimate of drug-likeness (QED) is 0.885. The molecule has 2 aromatic heterocycles. The number of H-pyrrole nitrogens is 1. The van der Waals surface area contributed by atoms with Gasteiger partial charge in [0, 0.05) is 19.4 Å². The topological polar surface area (TPSA) is 69.7 Å². The van der Waals surface area contributed by atoms with Crippen molar-refractivity contribution < 1.29 is 0 Å². The molecule has 22 heavy (non-hydrogen) atoms. The summed E-state index contributed by atoms with van der Waals surface area (Å²) < 4.78 is 0. The van der Waals surface area contributed by atoms with Gasteiger partial charge in [0.15, 0.2) is 0 Å². The summed E-state index contributed by atoms with van der Waals surface area (Å²) in [4.78, 5) is 18.9. The van der Waals surface area contributed by atoms with Gasteiger partial charge in [-0.3, -0.25) is 9.88 Å². The maximum absolute atomic E-state index is 4.50. The molecule has 0 saturated carbocycles. The number of nitrogens with zero attached hydrogens (tertiary/aromatic N) is 4. The Kier molecular flexibility index (Phi) is 5.00. The fourth-order valence-corrected chi connectivity index (χ4v) is 3.07. The van der Waals surface area contributed by atoms with Crippen LogP contribution in [-0.2, 0) is 13.0 Å². The highest BCUT2D eigenvalue weighted by molar-refractivity contribution is 5.29. The lowest BCUT2D eigenvalue weighted by molar-refractivity contribution is 0.266. The van der Waals surface area contributed by atoms with Crippen LogP contribution in [0.25, 0.3) is 0 Å². The molecule has 1 fully saturated rings. The second kappa shape index (κ2) is 7.35. The monoisotopic (exact) mass is 300 g/mol. The minimum atomic E-state index is 0.705. The standard InChI is InChI=1S/C16H24N6/c1-17-15-11-20-14(10-21-15)9-13-3-2-7-22(8-4-13)12-16-18-5-6-19-16/h5-6,10-11,13H,2-4,7-9,12H2,1H3,(H,17,21)(H,18,19)/t13-/m0/s1. The summed E-state index contributed by atoms with van der Waals surface area (Å²) in [5.41, 5.74) is 1.10. The summed E-state index contributed by atoms with van der Waals surface area (Å²) in [6.07, 6.45) is 12.2. The molecular formula is C16H24N6. The van der Waals surface area contributed by atoms with Gasteiger partial charge in [-0.15, -0.1) is 0 Å². The summed E-state index contributed by atoms with van der Waals surface area (Å²) in [7, 11) is 1.86. The molecule has 0 radical (unpaired) electrons. The number of hydrogen-bond acceptors (Lipinski definition) is 5. The van der Waals surface area contributed by atoms with Gasteiger partial charge in [-0.05, 0) is 44.7 Å². The molecule has 1 aliphatic rings. The first-order chi connectivity index (χ1) is 10.8. The Hall–Kier alpha value is -1.95. The fourth-order valence-electron chi connectivity index (χ4n) is 3.07. The third kappa shape index (κ3) is 4.04. The molecule has 1 atom stereocenters. The number of imidazole rings is 1. The average molecular weight is 300 g/mol. The normalized spacial score (nSPS) is 19.8. The smallest absolute Gasteiger partial charge is 0.144 e. The van der Waals surface area contributed by atoms with Gasteiger partial charge < -0.3 is 10.3 Å². The van der Waals surface area contributed by atoms with Crippen molar-refractivity contribution in [3.63, 3.8) is 0 Å². The molecule has 0 aromatic carbocycles. The Morgan fingerprint density at radius 2 is 2.18 bits per heavy atom. The van der Waals surface area contributed by atoms with E-state index in [1.54, 1.807) is 0 Å². The minimum Gasteiger partial charge on any atom is -0.372 e. The van der Waals surface area contributed by atoms with Crippen LogP contribution in [0, 0.1) is 5.92 Å². The van der Waals surface area contributed by atoms with E-state index in [-0.39, 0.29) is 0 Å². The zero-order valence-electron chi connectivity index (χ0n) is 13.1. The number of nitrogens with one attached hydrogen (secondary N) is 2. The van der Waals surface area contributed by atoms with Crippen molar-refractivity contribution in [3.8, 4) is 0 Å². The molecular weight excluding hydrogens is 276 g/mol. The van der Waals surface area contributed by atoms with Gasteiger partial charge in [0.1, 0.15) is 11.6 Å². The first-order valence-electron chi connectivity index (χ1n) is 8.03. The van der Waals surface area contributed by atoms with Crippen LogP contribution in [0.1, 0.15) is 30.8 Å². The zero-order valence-corrected chi connectivity index (χ0v) is 13.1. The van der Waals surface area contributed by atoms with E-state index in [1.807, 2.05) is 31.8 Å². The van der Waals surface area contributed by atoms with E-state index in [0.717, 1.165) is 43.4 Å². The molecule has 6 nitrogen and oxygen atoms in total. The number of likely N-dealkylation sites (tertiary alicyclic amines) is 1. The molecule has 0 unspecified atom stereocenters. The largest absolute Gasteiger partial charge is 0.372 e. The summed E-state index contributed by atoms with van der Waals surface area (Å²) >= 11 is 0. The molecule has 6 heteroatoms. The van der Waals surface area contributed by atoms with Crippen molar-refractivity contribution in [1.82, 2.24) is 24.8 Å². The Labute approximate surface area is 131 Å². The lowest BCUT2D eigenvalue weighted by atomic mass is 9.95. The Bertz CT molecular complexity index is 551. The van der Waals surface area contributed by atoms with E-state index in [0.29, 0.717) is 5.92 Å². The van der Waals surface area contributed by atoms with Crippen LogP contribution in [0.3, 0.4) is 0 Å². The summed E-state index contributed by atoms with van der Waals surface area (Å²) in [6.45, 7) is 3.21. The highest BCUT2D eigenvalue weighted by Gasteiger charge is 2.18. The van der Waals surface area contributed by atoms with Crippen LogP contribution in [0.5, 0.6) is 0 Å². The third-order valence-electron chi connectivity index (χ3n) is 4.33. The van der Waals surface area contributed by atoms with E-state index >= 15 is 0 Å². The van der Waals surface area contributed by atoms with Gasteiger partial charge in [-0.25, -0.2) is 9.97 Å². The van der Waals surface area contributed by atoms with Crippen molar-refractivity contribution in [2.45, 2.75) is 32.2 Å². The maximum atomic E-state index is 4.50. The predicted octanol–water partition coefficient (Wildman–Crippen LogP) is 2.09. The Balaban J connectivity index is 1.51. The summed E-state index contributed by atoms with van der Waals surface area (Å²) in [5, 5.41) is 3.01. The van der Waals surface area contributed by atoms with Gasteiger partial charge in [0.25, 0.3) is 0 Å². The fraction of sp³-hybridized carbons (Fsp3) is 0.562. The Morgan fingerprint density at radius 3 is 2.91 bits per heavy atom. The maximum Gasteiger partial charge on any atom is 0.144 e. The van der Waals surface area contributed by atoms with Crippen molar-refractivity contribution in [1.29, 1.82) is 0 Å². The number of aromatic nitrogens is 4. The summed E-state index contributed by atoms with van der Waals surface area (Å²) in [5.74, 6) is 2.59. The molecule has 3 rings (SSSR count). The van der Waals surface area contributed by atoms with Crippen molar-refractivity contribution in [3.05, 3.63) is 36.3 Å². The van der Waals surface area contributed by atoms with Gasteiger partial charge in [0.2, 0.25) is 0 Å². The molecule has 0 amide bonds. The molecule has 2 aromatic rings. The van der Waals surface area contributed by atoms with Crippen molar-refractivity contribution in [2.75, 3.05) is 25.5 Å². The van der Waals surface area contributed by atoms with E-state index < -0.39 is 0 Å². The SMILES string of the molecule is CNc1cnc(C[C@H]2CCCN(Cc3ncc[nH]3)CC2)cn1. The Morgan fingerprint density at radius 1 is 1.23 bits per heavy atom. The number of hydrogen-bond donors (Lipinski definition) is 2. The minimum absolute atomic E-state index is 0.705. The molecule has 0 aliphatic carbocycles. The zero-order chi connectivity index (χ0) is 15.2. The van der Waals surface area contributed by atoms with E-state index in [4.69, 9.17) is 0 Å². The second-order valence-corrected chi connectivity index (χ2v) is 5.96. The van der Waals surface area contributed by atoms with Crippen molar-refractivity contribution >= 4 is 5.82 Å². The van der Waals surface area contributed by atoms with Crippen LogP contribution >= 0.6 is 0 Å². The van der Waals surface area contributed by atoms with E-state index in [9.17, 15) is 0 Å². The van der Waals surface area contributed by atoms with Crippen LogP contribution in [0.15, 0.2) is 24.8 Å². The number of rotatable bonds is 5.